The average molecular weight is 283 g/mol. The van der Waals surface area contributed by atoms with Gasteiger partial charge in [-0.25, -0.2) is 0 Å². The monoisotopic (exact) mass is 282 g/mol. The van der Waals surface area contributed by atoms with E-state index in [4.69, 9.17) is 11.6 Å². The van der Waals surface area contributed by atoms with Crippen LogP contribution in [0.3, 0.4) is 0 Å². The van der Waals surface area contributed by atoms with Crippen LogP contribution in [0.5, 0.6) is 0 Å². The first kappa shape index (κ1) is 13.5. The van der Waals surface area contributed by atoms with Crippen molar-refractivity contribution < 1.29 is 5.11 Å². The quantitative estimate of drug-likeness (QED) is 0.886. The van der Waals surface area contributed by atoms with Gasteiger partial charge >= 0.3 is 0 Å². The summed E-state index contributed by atoms with van der Waals surface area (Å²) in [5.74, 6) is 0. The first-order valence-electron chi connectivity index (χ1n) is 5.65. The van der Waals surface area contributed by atoms with Crippen LogP contribution in [0.2, 0.25) is 5.02 Å². The standard InChI is InChI=1S/C13H15ClN2OS/c1-13(17,11-4-2-3-5-12(11)14)8-15-6-10-7-16-9-18-10/h2-5,7,9,15,17H,6,8H2,1H3/t13-/m0/s1. The highest BCUT2D eigenvalue weighted by atomic mass is 35.5. The van der Waals surface area contributed by atoms with Crippen LogP contribution in [0.4, 0.5) is 0 Å². The molecule has 1 heterocycles. The smallest absolute Gasteiger partial charge is 0.101 e. The van der Waals surface area contributed by atoms with Crippen molar-refractivity contribution in [1.29, 1.82) is 0 Å². The summed E-state index contributed by atoms with van der Waals surface area (Å²) in [7, 11) is 0. The number of hydrogen-bond acceptors (Lipinski definition) is 4. The Kier molecular flexibility index (Phi) is 4.35. The van der Waals surface area contributed by atoms with Crippen LogP contribution in [0.1, 0.15) is 17.4 Å². The Morgan fingerprint density at radius 1 is 1.44 bits per heavy atom. The second kappa shape index (κ2) is 5.80. The first-order chi connectivity index (χ1) is 8.59. The van der Waals surface area contributed by atoms with Gasteiger partial charge < -0.3 is 10.4 Å². The largest absolute Gasteiger partial charge is 0.384 e. The van der Waals surface area contributed by atoms with E-state index in [0.717, 1.165) is 10.4 Å². The Bertz CT molecular complexity index is 499. The van der Waals surface area contributed by atoms with E-state index in [9.17, 15) is 5.11 Å². The third-order valence-corrected chi connectivity index (χ3v) is 3.82. The summed E-state index contributed by atoms with van der Waals surface area (Å²) in [6.45, 7) is 2.90. The van der Waals surface area contributed by atoms with Crippen molar-refractivity contribution in [1.82, 2.24) is 10.3 Å². The van der Waals surface area contributed by atoms with Crippen molar-refractivity contribution in [2.75, 3.05) is 6.54 Å². The third kappa shape index (κ3) is 3.29. The number of nitrogens with zero attached hydrogens (tertiary/aromatic N) is 1. The normalized spacial score (nSPS) is 14.4. The number of benzene rings is 1. The van der Waals surface area contributed by atoms with Gasteiger partial charge in [0.25, 0.3) is 0 Å². The summed E-state index contributed by atoms with van der Waals surface area (Å²) >= 11 is 7.68. The lowest BCUT2D eigenvalue weighted by Gasteiger charge is -2.25. The average Bonchev–Trinajstić information content (AvgIpc) is 2.82. The third-order valence-electron chi connectivity index (χ3n) is 2.71. The van der Waals surface area contributed by atoms with Crippen LogP contribution >= 0.6 is 22.9 Å². The Hall–Kier alpha value is -0.940. The van der Waals surface area contributed by atoms with Crippen molar-refractivity contribution in [3.05, 3.63) is 51.4 Å². The molecule has 0 spiro atoms. The van der Waals surface area contributed by atoms with Crippen LogP contribution in [0.25, 0.3) is 0 Å². The molecule has 5 heteroatoms. The molecule has 0 radical (unpaired) electrons. The van der Waals surface area contributed by atoms with E-state index in [1.807, 2.05) is 24.4 Å². The summed E-state index contributed by atoms with van der Waals surface area (Å²) < 4.78 is 0. The molecule has 0 amide bonds. The van der Waals surface area contributed by atoms with Crippen LogP contribution in [0, 0.1) is 0 Å². The molecule has 18 heavy (non-hydrogen) atoms. The van der Waals surface area contributed by atoms with Gasteiger partial charge in [-0.1, -0.05) is 29.8 Å². The van der Waals surface area contributed by atoms with E-state index < -0.39 is 5.60 Å². The van der Waals surface area contributed by atoms with E-state index in [0.29, 0.717) is 18.1 Å². The predicted octanol–water partition coefficient (Wildman–Crippen LogP) is 2.79. The van der Waals surface area contributed by atoms with Crippen LogP contribution in [0.15, 0.2) is 36.0 Å². The van der Waals surface area contributed by atoms with Crippen LogP contribution in [-0.4, -0.2) is 16.6 Å². The summed E-state index contributed by atoms with van der Waals surface area (Å²) in [5, 5.41) is 14.2. The molecule has 96 valence electrons. The molecule has 2 N–H and O–H groups in total. The summed E-state index contributed by atoms with van der Waals surface area (Å²) in [6.07, 6.45) is 1.82. The van der Waals surface area contributed by atoms with Gasteiger partial charge in [0, 0.05) is 34.7 Å². The van der Waals surface area contributed by atoms with Gasteiger partial charge in [0.2, 0.25) is 0 Å². The number of thiazole rings is 1. The van der Waals surface area contributed by atoms with Crippen LogP contribution in [-0.2, 0) is 12.1 Å². The van der Waals surface area contributed by atoms with E-state index in [1.54, 1.807) is 29.8 Å². The first-order valence-corrected chi connectivity index (χ1v) is 6.91. The number of aliphatic hydroxyl groups is 1. The molecular weight excluding hydrogens is 268 g/mol. The molecule has 0 aliphatic carbocycles. The van der Waals surface area contributed by atoms with Gasteiger partial charge in [0.1, 0.15) is 5.60 Å². The molecule has 0 saturated carbocycles. The zero-order valence-corrected chi connectivity index (χ0v) is 11.6. The number of halogens is 1. The fraction of sp³-hybridized carbons (Fsp3) is 0.308. The van der Waals surface area contributed by atoms with Gasteiger partial charge in [-0.05, 0) is 13.0 Å². The molecule has 1 aromatic carbocycles. The summed E-state index contributed by atoms with van der Waals surface area (Å²) in [6, 6.07) is 7.36. The SMILES string of the molecule is C[C@](O)(CNCc1cncs1)c1ccccc1Cl. The maximum Gasteiger partial charge on any atom is 0.101 e. The number of hydrogen-bond donors (Lipinski definition) is 2. The molecule has 0 aliphatic rings. The minimum atomic E-state index is -0.983. The molecule has 3 nitrogen and oxygen atoms in total. The lowest BCUT2D eigenvalue weighted by atomic mass is 9.96. The summed E-state index contributed by atoms with van der Waals surface area (Å²) in [5.41, 5.74) is 1.55. The van der Waals surface area contributed by atoms with E-state index in [-0.39, 0.29) is 0 Å². The Labute approximate surface area is 115 Å². The van der Waals surface area contributed by atoms with E-state index >= 15 is 0 Å². The zero-order valence-electron chi connectivity index (χ0n) is 10.1. The van der Waals surface area contributed by atoms with Crippen molar-refractivity contribution in [2.45, 2.75) is 19.1 Å². The lowest BCUT2D eigenvalue weighted by molar-refractivity contribution is 0.0568. The highest BCUT2D eigenvalue weighted by Gasteiger charge is 2.24. The minimum absolute atomic E-state index is 0.439. The minimum Gasteiger partial charge on any atom is -0.384 e. The highest BCUT2D eigenvalue weighted by Crippen LogP contribution is 2.27. The maximum atomic E-state index is 10.4. The molecule has 0 aliphatic heterocycles. The van der Waals surface area contributed by atoms with Gasteiger partial charge in [-0.3, -0.25) is 4.98 Å². The van der Waals surface area contributed by atoms with E-state index in [2.05, 4.69) is 10.3 Å². The summed E-state index contributed by atoms with van der Waals surface area (Å²) in [4.78, 5) is 5.15. The zero-order chi connectivity index (χ0) is 13.0. The van der Waals surface area contributed by atoms with Crippen LogP contribution < -0.4 is 5.32 Å². The number of rotatable bonds is 5. The molecule has 0 unspecified atom stereocenters. The molecular formula is C13H15ClN2OS. The molecule has 0 bridgehead atoms. The maximum absolute atomic E-state index is 10.4. The van der Waals surface area contributed by atoms with Gasteiger partial charge in [0.15, 0.2) is 0 Å². The Morgan fingerprint density at radius 2 is 2.22 bits per heavy atom. The lowest BCUT2D eigenvalue weighted by Crippen LogP contribution is -2.35. The molecule has 2 aromatic rings. The van der Waals surface area contributed by atoms with Gasteiger partial charge in [-0.2, -0.15) is 0 Å². The molecule has 0 saturated heterocycles. The van der Waals surface area contributed by atoms with Gasteiger partial charge in [0.05, 0.1) is 5.51 Å². The number of aromatic nitrogens is 1. The molecule has 1 aromatic heterocycles. The Balaban J connectivity index is 1.97. The van der Waals surface area contributed by atoms with Crippen molar-refractivity contribution in [2.24, 2.45) is 0 Å². The highest BCUT2D eigenvalue weighted by molar-refractivity contribution is 7.09. The second-order valence-electron chi connectivity index (χ2n) is 4.32. The molecule has 1 atom stereocenters. The van der Waals surface area contributed by atoms with Crippen molar-refractivity contribution >= 4 is 22.9 Å². The molecule has 2 rings (SSSR count). The fourth-order valence-corrected chi connectivity index (χ4v) is 2.66. The molecule has 0 fully saturated rings. The predicted molar refractivity (Wildman–Crippen MR) is 74.8 cm³/mol. The second-order valence-corrected chi connectivity index (χ2v) is 5.70. The number of nitrogens with one attached hydrogen (secondary N) is 1. The van der Waals surface area contributed by atoms with E-state index in [1.165, 1.54) is 0 Å². The van der Waals surface area contributed by atoms with Crippen molar-refractivity contribution in [3.8, 4) is 0 Å². The van der Waals surface area contributed by atoms with Crippen molar-refractivity contribution in [3.63, 3.8) is 0 Å². The fourth-order valence-electron chi connectivity index (χ4n) is 1.75. The Morgan fingerprint density at radius 3 is 2.89 bits per heavy atom. The van der Waals surface area contributed by atoms with Gasteiger partial charge in [-0.15, -0.1) is 11.3 Å². The topological polar surface area (TPSA) is 45.1 Å².